The molecule has 1 aromatic rings. The highest BCUT2D eigenvalue weighted by Crippen LogP contribution is 2.30. The third-order valence-electron chi connectivity index (χ3n) is 3.56. The van der Waals surface area contributed by atoms with Crippen LogP contribution in [0.5, 0.6) is 0 Å². The van der Waals surface area contributed by atoms with Crippen molar-refractivity contribution in [3.05, 3.63) is 33.9 Å². The van der Waals surface area contributed by atoms with Crippen molar-refractivity contribution in [2.24, 2.45) is 5.92 Å². The van der Waals surface area contributed by atoms with E-state index in [1.165, 1.54) is 0 Å². The number of hydrogen-bond donors (Lipinski definition) is 1. The molecule has 1 aliphatic heterocycles. The fourth-order valence-electron chi connectivity index (χ4n) is 2.58. The Morgan fingerprint density at radius 2 is 2.33 bits per heavy atom. The average Bonchev–Trinajstić information content (AvgIpc) is 2.77. The number of aryl methyl sites for hydroxylation is 1. The van der Waals surface area contributed by atoms with Gasteiger partial charge in [-0.1, -0.05) is 0 Å². The molecule has 0 aliphatic carbocycles. The van der Waals surface area contributed by atoms with Gasteiger partial charge in [0.2, 0.25) is 0 Å². The number of non-ortho nitro benzene ring substituents is 1. The molecule has 1 fully saturated rings. The SMILES string of the molecule is Cc1cc([N+](=O)[O-])ccc1N1CCC(CCO)C1. The lowest BCUT2D eigenvalue weighted by Gasteiger charge is -2.20. The van der Waals surface area contributed by atoms with Gasteiger partial charge in [-0.2, -0.15) is 0 Å². The summed E-state index contributed by atoms with van der Waals surface area (Å²) in [5.41, 5.74) is 2.15. The van der Waals surface area contributed by atoms with Gasteiger partial charge < -0.3 is 10.0 Å². The van der Waals surface area contributed by atoms with Crippen LogP contribution in [0.2, 0.25) is 0 Å². The van der Waals surface area contributed by atoms with Gasteiger partial charge in [-0.05, 0) is 37.3 Å². The summed E-state index contributed by atoms with van der Waals surface area (Å²) < 4.78 is 0. The van der Waals surface area contributed by atoms with E-state index in [9.17, 15) is 10.1 Å². The Bertz CT molecular complexity index is 448. The van der Waals surface area contributed by atoms with Crippen LogP contribution >= 0.6 is 0 Å². The summed E-state index contributed by atoms with van der Waals surface area (Å²) in [7, 11) is 0. The maximum absolute atomic E-state index is 10.7. The van der Waals surface area contributed by atoms with Crippen LogP contribution in [0.4, 0.5) is 11.4 Å². The number of anilines is 1. The highest BCUT2D eigenvalue weighted by Gasteiger charge is 2.23. The van der Waals surface area contributed by atoms with Gasteiger partial charge in [0.25, 0.3) is 5.69 Å². The fraction of sp³-hybridized carbons (Fsp3) is 0.538. The monoisotopic (exact) mass is 250 g/mol. The van der Waals surface area contributed by atoms with E-state index in [-0.39, 0.29) is 17.2 Å². The summed E-state index contributed by atoms with van der Waals surface area (Å²) in [6.07, 6.45) is 1.92. The lowest BCUT2D eigenvalue weighted by atomic mass is 10.1. The molecule has 1 unspecified atom stereocenters. The van der Waals surface area contributed by atoms with E-state index in [1.807, 2.05) is 13.0 Å². The lowest BCUT2D eigenvalue weighted by Crippen LogP contribution is -2.20. The van der Waals surface area contributed by atoms with Gasteiger partial charge in [-0.3, -0.25) is 10.1 Å². The average molecular weight is 250 g/mol. The summed E-state index contributed by atoms with van der Waals surface area (Å²) in [4.78, 5) is 12.6. The number of benzene rings is 1. The maximum atomic E-state index is 10.7. The Balaban J connectivity index is 2.12. The van der Waals surface area contributed by atoms with E-state index in [0.717, 1.165) is 37.2 Å². The summed E-state index contributed by atoms with van der Waals surface area (Å²) in [5, 5.41) is 19.6. The van der Waals surface area contributed by atoms with Crippen LogP contribution < -0.4 is 4.90 Å². The Hall–Kier alpha value is -1.62. The smallest absolute Gasteiger partial charge is 0.269 e. The van der Waals surface area contributed by atoms with Gasteiger partial charge in [0.05, 0.1) is 4.92 Å². The standard InChI is InChI=1S/C13H18N2O3/c1-10-8-12(15(17)18)2-3-13(10)14-6-4-11(9-14)5-7-16/h2-3,8,11,16H,4-7,9H2,1H3. The third-order valence-corrected chi connectivity index (χ3v) is 3.56. The van der Waals surface area contributed by atoms with Crippen LogP contribution in [0.1, 0.15) is 18.4 Å². The highest BCUT2D eigenvalue weighted by atomic mass is 16.6. The van der Waals surface area contributed by atoms with Gasteiger partial charge in [-0.25, -0.2) is 0 Å². The summed E-state index contributed by atoms with van der Waals surface area (Å²) >= 11 is 0. The predicted molar refractivity (Wildman–Crippen MR) is 69.9 cm³/mol. The molecule has 1 N–H and O–H groups in total. The van der Waals surface area contributed by atoms with Crippen molar-refractivity contribution >= 4 is 11.4 Å². The molecule has 0 saturated carbocycles. The zero-order chi connectivity index (χ0) is 13.1. The molecule has 18 heavy (non-hydrogen) atoms. The quantitative estimate of drug-likeness (QED) is 0.656. The fourth-order valence-corrected chi connectivity index (χ4v) is 2.58. The first kappa shape index (κ1) is 12.8. The zero-order valence-electron chi connectivity index (χ0n) is 10.5. The molecule has 5 heteroatoms. The number of hydrogen-bond acceptors (Lipinski definition) is 4. The van der Waals surface area contributed by atoms with E-state index in [1.54, 1.807) is 12.1 Å². The van der Waals surface area contributed by atoms with Crippen LogP contribution in [0.15, 0.2) is 18.2 Å². The molecule has 2 rings (SSSR count). The topological polar surface area (TPSA) is 66.6 Å². The lowest BCUT2D eigenvalue weighted by molar-refractivity contribution is -0.384. The maximum Gasteiger partial charge on any atom is 0.269 e. The van der Waals surface area contributed by atoms with Gasteiger partial charge in [-0.15, -0.1) is 0 Å². The van der Waals surface area contributed by atoms with E-state index in [2.05, 4.69) is 4.90 Å². The Labute approximate surface area is 106 Å². The van der Waals surface area contributed by atoms with Crippen LogP contribution in [-0.4, -0.2) is 29.7 Å². The van der Waals surface area contributed by atoms with Crippen molar-refractivity contribution in [1.29, 1.82) is 0 Å². The van der Waals surface area contributed by atoms with E-state index in [4.69, 9.17) is 5.11 Å². The molecule has 1 heterocycles. The molecule has 5 nitrogen and oxygen atoms in total. The van der Waals surface area contributed by atoms with Crippen molar-refractivity contribution in [3.63, 3.8) is 0 Å². The zero-order valence-corrected chi connectivity index (χ0v) is 10.5. The second-order valence-corrected chi connectivity index (χ2v) is 4.84. The van der Waals surface area contributed by atoms with Crippen molar-refractivity contribution in [2.45, 2.75) is 19.8 Å². The molecular weight excluding hydrogens is 232 g/mol. The minimum absolute atomic E-state index is 0.141. The van der Waals surface area contributed by atoms with E-state index in [0.29, 0.717) is 5.92 Å². The van der Waals surface area contributed by atoms with E-state index >= 15 is 0 Å². The molecule has 1 aromatic carbocycles. The molecule has 0 bridgehead atoms. The molecule has 1 saturated heterocycles. The first-order valence-corrected chi connectivity index (χ1v) is 6.22. The number of aliphatic hydroxyl groups excluding tert-OH is 1. The summed E-state index contributed by atoms with van der Waals surface area (Å²) in [6.45, 7) is 4.03. The van der Waals surface area contributed by atoms with Crippen LogP contribution in [0, 0.1) is 23.0 Å². The van der Waals surface area contributed by atoms with Crippen molar-refractivity contribution < 1.29 is 10.0 Å². The molecule has 0 amide bonds. The predicted octanol–water partition coefficient (Wildman–Crippen LogP) is 2.11. The van der Waals surface area contributed by atoms with Gasteiger partial charge >= 0.3 is 0 Å². The minimum Gasteiger partial charge on any atom is -0.396 e. The largest absolute Gasteiger partial charge is 0.396 e. The Kier molecular flexibility index (Phi) is 3.81. The van der Waals surface area contributed by atoms with Gasteiger partial charge in [0.1, 0.15) is 0 Å². The highest BCUT2D eigenvalue weighted by molar-refractivity contribution is 5.57. The van der Waals surface area contributed by atoms with Crippen LogP contribution in [0.25, 0.3) is 0 Å². The summed E-state index contributed by atoms with van der Waals surface area (Å²) in [5.74, 6) is 0.532. The molecule has 1 atom stereocenters. The molecular formula is C13H18N2O3. The molecule has 98 valence electrons. The number of nitrogens with zero attached hydrogens (tertiary/aromatic N) is 2. The molecule has 0 radical (unpaired) electrons. The molecule has 0 aromatic heterocycles. The second kappa shape index (κ2) is 5.35. The normalized spacial score (nSPS) is 19.2. The minimum atomic E-state index is -0.366. The number of nitro benzene ring substituents is 1. The van der Waals surface area contributed by atoms with E-state index < -0.39 is 0 Å². The summed E-state index contributed by atoms with van der Waals surface area (Å²) in [6, 6.07) is 5.01. The second-order valence-electron chi connectivity index (χ2n) is 4.84. The first-order chi connectivity index (χ1) is 8.61. The Morgan fingerprint density at radius 3 is 2.94 bits per heavy atom. The molecule has 1 aliphatic rings. The first-order valence-electron chi connectivity index (χ1n) is 6.22. The Morgan fingerprint density at radius 1 is 1.56 bits per heavy atom. The third kappa shape index (κ3) is 2.61. The number of nitro groups is 1. The number of aliphatic hydroxyl groups is 1. The van der Waals surface area contributed by atoms with Gasteiger partial charge in [0.15, 0.2) is 0 Å². The van der Waals surface area contributed by atoms with Crippen molar-refractivity contribution in [2.75, 3.05) is 24.6 Å². The van der Waals surface area contributed by atoms with Crippen molar-refractivity contribution in [1.82, 2.24) is 0 Å². The van der Waals surface area contributed by atoms with Crippen LogP contribution in [-0.2, 0) is 0 Å². The molecule has 0 spiro atoms. The van der Waals surface area contributed by atoms with Crippen molar-refractivity contribution in [3.8, 4) is 0 Å². The number of rotatable bonds is 4. The van der Waals surface area contributed by atoms with Gasteiger partial charge in [0, 0.05) is 37.5 Å². The van der Waals surface area contributed by atoms with Crippen LogP contribution in [0.3, 0.4) is 0 Å².